The largest absolute Gasteiger partial charge is 0.465 e. The van der Waals surface area contributed by atoms with Crippen LogP contribution in [0.25, 0.3) is 11.1 Å². The van der Waals surface area contributed by atoms with E-state index in [1.54, 1.807) is 4.68 Å². The molecule has 0 saturated heterocycles. The number of ether oxygens (including phenoxy) is 1. The molecule has 29 heavy (non-hydrogen) atoms. The highest BCUT2D eigenvalue weighted by atomic mass is 32.1. The summed E-state index contributed by atoms with van der Waals surface area (Å²) in [4.78, 5) is 26.9. The van der Waals surface area contributed by atoms with E-state index in [4.69, 9.17) is 4.74 Å². The van der Waals surface area contributed by atoms with Crippen molar-refractivity contribution in [2.75, 3.05) is 26.0 Å². The quantitative estimate of drug-likeness (QED) is 0.603. The van der Waals surface area contributed by atoms with Crippen molar-refractivity contribution >= 4 is 28.2 Å². The van der Waals surface area contributed by atoms with Crippen LogP contribution in [-0.2, 0) is 23.1 Å². The topological polar surface area (TPSA) is 76.5 Å². The smallest absolute Gasteiger partial charge is 0.341 e. The Morgan fingerprint density at radius 3 is 2.62 bits per heavy atom. The molecule has 0 atom stereocenters. The van der Waals surface area contributed by atoms with Crippen LogP contribution in [0.4, 0.5) is 5.00 Å². The Kier molecular flexibility index (Phi) is 6.46. The highest BCUT2D eigenvalue weighted by molar-refractivity contribution is 7.15. The van der Waals surface area contributed by atoms with Crippen molar-refractivity contribution < 1.29 is 14.3 Å². The van der Waals surface area contributed by atoms with Gasteiger partial charge in [-0.2, -0.15) is 5.10 Å². The first kappa shape index (κ1) is 20.8. The molecule has 0 saturated carbocycles. The molecule has 2 aromatic heterocycles. The average molecular weight is 413 g/mol. The Balaban J connectivity index is 1.73. The third-order valence-electron chi connectivity index (χ3n) is 4.49. The predicted octanol–water partition coefficient (Wildman–Crippen LogP) is 3.31. The number of likely N-dealkylation sites (N-methyl/N-ethyl adjacent to an activating group) is 1. The highest BCUT2D eigenvalue weighted by Gasteiger charge is 2.22. The van der Waals surface area contributed by atoms with E-state index in [9.17, 15) is 9.59 Å². The van der Waals surface area contributed by atoms with Gasteiger partial charge in [-0.05, 0) is 19.5 Å². The van der Waals surface area contributed by atoms with Crippen molar-refractivity contribution in [3.8, 4) is 11.1 Å². The van der Waals surface area contributed by atoms with Gasteiger partial charge < -0.3 is 10.1 Å². The summed E-state index contributed by atoms with van der Waals surface area (Å²) in [6.07, 6.45) is 1.95. The Morgan fingerprint density at radius 1 is 1.28 bits per heavy atom. The lowest BCUT2D eigenvalue weighted by molar-refractivity contribution is -0.117. The monoisotopic (exact) mass is 412 g/mol. The minimum atomic E-state index is -0.472. The summed E-state index contributed by atoms with van der Waals surface area (Å²) in [5, 5.41) is 9.54. The molecule has 0 aliphatic rings. The van der Waals surface area contributed by atoms with Crippen LogP contribution in [0.1, 0.15) is 21.6 Å². The number of hydrogen-bond donors (Lipinski definition) is 1. The molecule has 1 amide bonds. The van der Waals surface area contributed by atoms with Crippen LogP contribution in [0.15, 0.2) is 41.9 Å². The summed E-state index contributed by atoms with van der Waals surface area (Å²) in [5.41, 5.74) is 4.03. The summed E-state index contributed by atoms with van der Waals surface area (Å²) in [5.74, 6) is -0.666. The number of carbonyl (C=O) groups excluding carboxylic acids is 2. The number of nitrogens with one attached hydrogen (secondary N) is 1. The number of anilines is 1. The van der Waals surface area contributed by atoms with Crippen molar-refractivity contribution in [1.29, 1.82) is 0 Å². The first-order valence-electron chi connectivity index (χ1n) is 9.11. The lowest BCUT2D eigenvalue weighted by Gasteiger charge is -2.16. The number of aromatic nitrogens is 2. The number of thiophene rings is 1. The molecule has 0 radical (unpaired) electrons. The van der Waals surface area contributed by atoms with Gasteiger partial charge >= 0.3 is 5.97 Å². The van der Waals surface area contributed by atoms with Gasteiger partial charge in [0.15, 0.2) is 0 Å². The number of methoxy groups -OCH3 is 1. The summed E-state index contributed by atoms with van der Waals surface area (Å²) in [7, 11) is 5.08. The molecule has 0 aliphatic carbocycles. The van der Waals surface area contributed by atoms with Gasteiger partial charge in [0.1, 0.15) is 10.6 Å². The molecular weight excluding hydrogens is 388 g/mol. The van der Waals surface area contributed by atoms with Gasteiger partial charge in [-0.25, -0.2) is 4.79 Å². The normalized spacial score (nSPS) is 10.9. The Bertz CT molecular complexity index is 1010. The predicted molar refractivity (Wildman–Crippen MR) is 114 cm³/mol. The third-order valence-corrected chi connectivity index (χ3v) is 5.38. The van der Waals surface area contributed by atoms with E-state index >= 15 is 0 Å². The summed E-state index contributed by atoms with van der Waals surface area (Å²) >= 11 is 1.32. The molecule has 3 aromatic rings. The number of esters is 1. The van der Waals surface area contributed by atoms with Crippen molar-refractivity contribution in [3.63, 3.8) is 0 Å². The Hall–Kier alpha value is -2.97. The van der Waals surface area contributed by atoms with Gasteiger partial charge in [0, 0.05) is 36.3 Å². The first-order valence-corrected chi connectivity index (χ1v) is 9.99. The molecule has 1 N–H and O–H groups in total. The van der Waals surface area contributed by atoms with E-state index in [1.165, 1.54) is 18.4 Å². The molecule has 0 spiro atoms. The van der Waals surface area contributed by atoms with Gasteiger partial charge in [-0.1, -0.05) is 30.3 Å². The molecule has 3 rings (SSSR count). The van der Waals surface area contributed by atoms with Gasteiger partial charge in [-0.15, -0.1) is 11.3 Å². The van der Waals surface area contributed by atoms with Crippen molar-refractivity contribution in [1.82, 2.24) is 14.7 Å². The van der Waals surface area contributed by atoms with E-state index in [1.807, 2.05) is 67.8 Å². The number of aryl methyl sites for hydroxylation is 2. The van der Waals surface area contributed by atoms with Gasteiger partial charge in [0.05, 0.1) is 19.3 Å². The van der Waals surface area contributed by atoms with Crippen LogP contribution in [0.5, 0.6) is 0 Å². The fraction of sp³-hybridized carbons (Fsp3) is 0.286. The van der Waals surface area contributed by atoms with E-state index < -0.39 is 5.97 Å². The third kappa shape index (κ3) is 4.90. The van der Waals surface area contributed by atoms with Crippen LogP contribution in [0.2, 0.25) is 0 Å². The second-order valence-corrected chi connectivity index (χ2v) is 7.72. The van der Waals surface area contributed by atoms with Gasteiger partial charge in [0.2, 0.25) is 5.91 Å². The average Bonchev–Trinajstić information content (AvgIpc) is 3.24. The molecule has 152 valence electrons. The molecule has 8 heteroatoms. The van der Waals surface area contributed by atoms with E-state index in [-0.39, 0.29) is 12.5 Å². The molecule has 0 fully saturated rings. The van der Waals surface area contributed by atoms with E-state index in [0.717, 1.165) is 22.4 Å². The molecular formula is C21H24N4O3S. The van der Waals surface area contributed by atoms with E-state index in [0.29, 0.717) is 17.1 Å². The van der Waals surface area contributed by atoms with Gasteiger partial charge in [0.25, 0.3) is 0 Å². The van der Waals surface area contributed by atoms with Crippen molar-refractivity contribution in [2.24, 2.45) is 7.05 Å². The van der Waals surface area contributed by atoms with Crippen LogP contribution in [-0.4, -0.2) is 47.3 Å². The zero-order valence-electron chi connectivity index (χ0n) is 16.9. The molecule has 2 heterocycles. The lowest BCUT2D eigenvalue weighted by Crippen LogP contribution is -2.30. The second kappa shape index (κ2) is 9.02. The first-order chi connectivity index (χ1) is 13.9. The molecule has 7 nitrogen and oxygen atoms in total. The highest BCUT2D eigenvalue weighted by Crippen LogP contribution is 2.36. The van der Waals surface area contributed by atoms with Crippen LogP contribution < -0.4 is 5.32 Å². The fourth-order valence-electron chi connectivity index (χ4n) is 3.15. The Labute approximate surface area is 173 Å². The number of rotatable bonds is 7. The SMILES string of the molecule is COC(=O)c1c(-c2ccccc2)csc1NC(=O)CN(C)Cc1cn(C)nc1C. The van der Waals surface area contributed by atoms with Crippen molar-refractivity contribution in [3.05, 3.63) is 58.7 Å². The second-order valence-electron chi connectivity index (χ2n) is 6.84. The molecule has 1 aromatic carbocycles. The standard InChI is InChI=1S/C21H24N4O3S/c1-14-16(11-25(3)23-14)10-24(2)12-18(26)22-20-19(21(27)28-4)17(13-29-20)15-8-6-5-7-9-15/h5-9,11,13H,10,12H2,1-4H3,(H,22,26). The minimum absolute atomic E-state index is 0.188. The number of carbonyl (C=O) groups is 2. The van der Waals surface area contributed by atoms with Crippen LogP contribution >= 0.6 is 11.3 Å². The van der Waals surface area contributed by atoms with Crippen LogP contribution in [0.3, 0.4) is 0 Å². The summed E-state index contributed by atoms with van der Waals surface area (Å²) < 4.78 is 6.71. The maximum absolute atomic E-state index is 12.6. The molecule has 0 bridgehead atoms. The number of benzene rings is 1. The fourth-order valence-corrected chi connectivity index (χ4v) is 4.12. The van der Waals surface area contributed by atoms with Crippen LogP contribution in [0, 0.1) is 6.92 Å². The van der Waals surface area contributed by atoms with Crippen molar-refractivity contribution in [2.45, 2.75) is 13.5 Å². The maximum atomic E-state index is 12.6. The number of nitrogens with zero attached hydrogens (tertiary/aromatic N) is 3. The zero-order valence-corrected chi connectivity index (χ0v) is 17.7. The number of amides is 1. The zero-order chi connectivity index (χ0) is 21.0. The minimum Gasteiger partial charge on any atom is -0.465 e. The van der Waals surface area contributed by atoms with E-state index in [2.05, 4.69) is 10.4 Å². The summed E-state index contributed by atoms with van der Waals surface area (Å²) in [6.45, 7) is 2.74. The summed E-state index contributed by atoms with van der Waals surface area (Å²) in [6, 6.07) is 9.56. The Morgan fingerprint density at radius 2 is 2.00 bits per heavy atom. The lowest BCUT2D eigenvalue weighted by atomic mass is 10.0. The molecule has 0 unspecified atom stereocenters. The number of hydrogen-bond acceptors (Lipinski definition) is 6. The maximum Gasteiger partial charge on any atom is 0.341 e. The van der Waals surface area contributed by atoms with Gasteiger partial charge in [-0.3, -0.25) is 14.4 Å². The molecule has 0 aliphatic heterocycles.